The number of hydrogen-bond donors (Lipinski definition) is 6. The average molecular weight is 687 g/mol. The summed E-state index contributed by atoms with van der Waals surface area (Å²) in [6.07, 6.45) is 1.95. The lowest BCUT2D eigenvalue weighted by molar-refractivity contribution is -0.383. The maximum atomic E-state index is 10.7. The van der Waals surface area contributed by atoms with Gasteiger partial charge in [0.25, 0.3) is 5.69 Å². The number of halogens is 1. The van der Waals surface area contributed by atoms with Gasteiger partial charge in [0.1, 0.15) is 28.3 Å². The van der Waals surface area contributed by atoms with E-state index in [-0.39, 0.29) is 40.3 Å². The van der Waals surface area contributed by atoms with Crippen molar-refractivity contribution in [3.8, 4) is 11.5 Å². The molecule has 0 aliphatic carbocycles. The molecule has 3 rings (SSSR count). The van der Waals surface area contributed by atoms with Crippen LogP contribution in [0.2, 0.25) is 5.02 Å². The van der Waals surface area contributed by atoms with Crippen LogP contribution in [0.5, 0.6) is 11.5 Å². The molecule has 1 aromatic heterocycles. The Morgan fingerprint density at radius 3 is 2.27 bits per heavy atom. The molecular formula is C27H40ClN8O7PS. The number of nitrogens with zero attached hydrogens (tertiary/aromatic N) is 4. The first kappa shape index (κ1) is 39.3. The summed E-state index contributed by atoms with van der Waals surface area (Å²) in [6.45, 7) is 10.2. The number of benzene rings is 2. The Balaban J connectivity index is 0.000000349. The number of para-hydroxylation sites is 1. The standard InChI is InChI=1S/C12H9ClN2O3.C10H19N5S.C5H12NO4P/c13-11-10(18-8-4-2-1-3-5-8)7-6-9(12(11)14)15(16)17;1-6-11-7-12-8(15-10(2,3)4)14-9(13-7)16-5;1-11(9,10)3-2-4(6)5(7)8/h1-7H,14H2;6H2,1-5H3,(H2,11,12,13,14,15);4H,2-3,6H2,1H3,(H,7,8)(H,9,10). The van der Waals surface area contributed by atoms with Crippen LogP contribution < -0.4 is 26.8 Å². The van der Waals surface area contributed by atoms with Crippen LogP contribution >= 0.6 is 30.7 Å². The molecule has 0 bridgehead atoms. The minimum atomic E-state index is -3.10. The van der Waals surface area contributed by atoms with Crippen molar-refractivity contribution in [2.75, 3.05) is 42.0 Å². The molecule has 15 nitrogen and oxygen atoms in total. The fourth-order valence-corrected chi connectivity index (χ4v) is 4.31. The second-order valence-corrected chi connectivity index (χ2v) is 14.1. The summed E-state index contributed by atoms with van der Waals surface area (Å²) in [7, 11) is -3.10. The number of aliphatic carboxylic acids is 1. The molecule has 0 fully saturated rings. The number of aromatic nitrogens is 3. The molecule has 0 amide bonds. The maximum absolute atomic E-state index is 10.7. The highest BCUT2D eigenvalue weighted by Crippen LogP contribution is 2.39. The number of carboxylic acids is 1. The molecule has 1 heterocycles. The summed E-state index contributed by atoms with van der Waals surface area (Å²) in [4.78, 5) is 41.8. The van der Waals surface area contributed by atoms with Crippen molar-refractivity contribution in [2.45, 2.75) is 50.9 Å². The first-order chi connectivity index (χ1) is 20.9. The van der Waals surface area contributed by atoms with E-state index in [2.05, 4.69) is 46.4 Å². The highest BCUT2D eigenvalue weighted by Gasteiger charge is 2.19. The Morgan fingerprint density at radius 1 is 1.18 bits per heavy atom. The predicted molar refractivity (Wildman–Crippen MR) is 179 cm³/mol. The van der Waals surface area contributed by atoms with Gasteiger partial charge in [-0.2, -0.15) is 15.0 Å². The number of nitrogens with one attached hydrogen (secondary N) is 2. The van der Waals surface area contributed by atoms with Crippen molar-refractivity contribution < 1.29 is 29.0 Å². The number of hydrogen-bond acceptors (Lipinski definition) is 13. The van der Waals surface area contributed by atoms with Crippen molar-refractivity contribution in [3.63, 3.8) is 0 Å². The van der Waals surface area contributed by atoms with Crippen LogP contribution in [0.25, 0.3) is 0 Å². The highest BCUT2D eigenvalue weighted by atomic mass is 35.5. The van der Waals surface area contributed by atoms with Crippen molar-refractivity contribution in [3.05, 3.63) is 57.6 Å². The maximum Gasteiger partial charge on any atom is 0.320 e. The van der Waals surface area contributed by atoms with Crippen molar-refractivity contribution in [2.24, 2.45) is 5.73 Å². The number of nitrogen functional groups attached to an aromatic ring is 1. The minimum Gasteiger partial charge on any atom is -0.480 e. The summed E-state index contributed by atoms with van der Waals surface area (Å²) < 4.78 is 16.1. The second-order valence-electron chi connectivity index (χ2n) is 10.4. The average Bonchev–Trinajstić information content (AvgIpc) is 2.94. The van der Waals surface area contributed by atoms with Crippen LogP contribution in [0.3, 0.4) is 0 Å². The van der Waals surface area contributed by atoms with E-state index < -0.39 is 24.3 Å². The quantitative estimate of drug-likeness (QED) is 0.0476. The lowest BCUT2D eigenvalue weighted by Gasteiger charge is -2.20. The van der Waals surface area contributed by atoms with Crippen LogP contribution in [-0.4, -0.2) is 73.1 Å². The normalized spacial score (nSPS) is 12.6. The van der Waals surface area contributed by atoms with E-state index in [1.165, 1.54) is 30.6 Å². The molecule has 45 heavy (non-hydrogen) atoms. The van der Waals surface area contributed by atoms with Gasteiger partial charge in [0.15, 0.2) is 12.5 Å². The van der Waals surface area contributed by atoms with Gasteiger partial charge in [0, 0.05) is 31.0 Å². The Labute approximate surface area is 271 Å². The van der Waals surface area contributed by atoms with Crippen LogP contribution in [0.15, 0.2) is 47.6 Å². The van der Waals surface area contributed by atoms with E-state index in [0.717, 1.165) is 11.7 Å². The number of nitro groups is 1. The highest BCUT2D eigenvalue weighted by molar-refractivity contribution is 7.98. The van der Waals surface area contributed by atoms with E-state index in [9.17, 15) is 19.5 Å². The molecule has 0 radical (unpaired) electrons. The molecule has 0 aliphatic heterocycles. The number of carbonyl (C=O) groups is 1. The molecule has 8 N–H and O–H groups in total. The third kappa shape index (κ3) is 15.7. The number of anilines is 3. The zero-order chi connectivity index (χ0) is 34.4. The van der Waals surface area contributed by atoms with Gasteiger partial charge in [-0.05, 0) is 58.6 Å². The lowest BCUT2D eigenvalue weighted by Crippen LogP contribution is -2.30. The van der Waals surface area contributed by atoms with Crippen molar-refractivity contribution >= 4 is 60.0 Å². The second kappa shape index (κ2) is 18.3. The molecule has 2 unspecified atom stereocenters. The first-order valence-corrected chi connectivity index (χ1v) is 17.3. The fourth-order valence-electron chi connectivity index (χ4n) is 2.99. The van der Waals surface area contributed by atoms with Gasteiger partial charge < -0.3 is 36.8 Å². The number of ether oxygens (including phenoxy) is 1. The molecule has 0 aliphatic rings. The van der Waals surface area contributed by atoms with Crippen LogP contribution in [0.1, 0.15) is 34.1 Å². The zero-order valence-corrected chi connectivity index (χ0v) is 28.3. The molecule has 0 spiro atoms. The van der Waals surface area contributed by atoms with E-state index in [4.69, 9.17) is 37.8 Å². The third-order valence-corrected chi connectivity index (χ3v) is 7.11. The van der Waals surface area contributed by atoms with Gasteiger partial charge in [0.05, 0.1) is 4.92 Å². The third-order valence-electron chi connectivity index (χ3n) is 5.08. The smallest absolute Gasteiger partial charge is 0.320 e. The van der Waals surface area contributed by atoms with Crippen molar-refractivity contribution in [1.82, 2.24) is 15.0 Å². The first-order valence-electron chi connectivity index (χ1n) is 13.4. The van der Waals surface area contributed by atoms with E-state index in [0.29, 0.717) is 17.6 Å². The Kier molecular flexibility index (Phi) is 16.0. The molecular weight excluding hydrogens is 647 g/mol. The minimum absolute atomic E-state index is 0.0352. The number of rotatable bonds is 11. The van der Waals surface area contributed by atoms with Gasteiger partial charge in [0.2, 0.25) is 11.9 Å². The fraction of sp³-hybridized carbons (Fsp3) is 0.407. The Hall–Kier alpha value is -3.69. The van der Waals surface area contributed by atoms with Gasteiger partial charge in [-0.3, -0.25) is 19.5 Å². The molecule has 18 heteroatoms. The largest absolute Gasteiger partial charge is 0.480 e. The van der Waals surface area contributed by atoms with Crippen LogP contribution in [0.4, 0.5) is 23.3 Å². The summed E-state index contributed by atoms with van der Waals surface area (Å²) in [5.41, 5.74) is 10.3. The molecule has 2 aromatic carbocycles. The van der Waals surface area contributed by atoms with Gasteiger partial charge >= 0.3 is 5.97 Å². The van der Waals surface area contributed by atoms with Gasteiger partial charge in [-0.1, -0.05) is 41.6 Å². The topological polar surface area (TPSA) is 242 Å². The van der Waals surface area contributed by atoms with Gasteiger partial charge in [-0.15, -0.1) is 0 Å². The number of nitrogens with two attached hydrogens (primary N) is 2. The van der Waals surface area contributed by atoms with E-state index in [1.54, 1.807) is 24.3 Å². The van der Waals surface area contributed by atoms with Crippen LogP contribution in [0, 0.1) is 10.1 Å². The Morgan fingerprint density at radius 2 is 1.78 bits per heavy atom. The SMILES string of the molecule is CCNc1nc(NC(C)(C)C)nc(SC)n1.CP(=O)(O)CCC(N)C(=O)O.Nc1c([N+](=O)[O-])ccc(Oc2ccccc2)c1Cl. The zero-order valence-electron chi connectivity index (χ0n) is 25.9. The summed E-state index contributed by atoms with van der Waals surface area (Å²) in [5.74, 6) is 0.952. The predicted octanol–water partition coefficient (Wildman–Crippen LogP) is 5.55. The van der Waals surface area contributed by atoms with Gasteiger partial charge in [-0.25, -0.2) is 0 Å². The number of carboxylic acid groups (broad SMARTS) is 1. The molecule has 0 saturated heterocycles. The van der Waals surface area contributed by atoms with E-state index >= 15 is 0 Å². The number of thioether (sulfide) groups is 1. The monoisotopic (exact) mass is 686 g/mol. The summed E-state index contributed by atoms with van der Waals surface area (Å²) in [6, 6.07) is 10.6. The van der Waals surface area contributed by atoms with Crippen LogP contribution in [-0.2, 0) is 9.36 Å². The summed E-state index contributed by atoms with van der Waals surface area (Å²) >= 11 is 7.44. The Bertz CT molecular complexity index is 1460. The molecule has 0 saturated carbocycles. The summed E-state index contributed by atoms with van der Waals surface area (Å²) in [5, 5.41) is 26.0. The van der Waals surface area contributed by atoms with Crippen molar-refractivity contribution in [1.29, 1.82) is 0 Å². The molecule has 3 aromatic rings. The number of nitro benzene ring substituents is 1. The molecule has 2 atom stereocenters. The lowest BCUT2D eigenvalue weighted by atomic mass is 10.1. The molecule has 248 valence electrons. The van der Waals surface area contributed by atoms with E-state index in [1.807, 2.05) is 19.2 Å².